The smallest absolute Gasteiger partial charge is 0.294 e. The second-order valence-corrected chi connectivity index (χ2v) is 6.08. The third-order valence-corrected chi connectivity index (χ3v) is 4.27. The Morgan fingerprint density at radius 1 is 1.38 bits per heavy atom. The molecule has 0 spiro atoms. The number of rotatable bonds is 5. The van der Waals surface area contributed by atoms with E-state index in [1.54, 1.807) is 29.3 Å². The first-order valence-corrected chi connectivity index (χ1v) is 8.18. The Hall–Kier alpha value is -1.30. The van der Waals surface area contributed by atoms with Crippen molar-refractivity contribution in [3.8, 4) is 0 Å². The summed E-state index contributed by atoms with van der Waals surface area (Å²) in [6, 6.07) is 4.94. The average molecular weight is 344 g/mol. The fraction of sp³-hybridized carbons (Fsp3) is 0.286. The van der Waals surface area contributed by atoms with Gasteiger partial charge in [0.05, 0.1) is 10.0 Å². The van der Waals surface area contributed by atoms with Crippen molar-refractivity contribution in [3.05, 3.63) is 39.8 Å². The molecule has 0 saturated heterocycles. The van der Waals surface area contributed by atoms with Crippen LogP contribution in [-0.2, 0) is 0 Å². The average Bonchev–Trinajstić information content (AvgIpc) is 2.96. The lowest BCUT2D eigenvalue weighted by molar-refractivity contribution is 0.257. The summed E-state index contributed by atoms with van der Waals surface area (Å²) in [6.07, 6.45) is 3.53. The molecule has 0 aliphatic rings. The van der Waals surface area contributed by atoms with E-state index in [2.05, 4.69) is 17.2 Å². The maximum absolute atomic E-state index is 12.4. The van der Waals surface area contributed by atoms with E-state index in [1.807, 2.05) is 5.38 Å². The fourth-order valence-corrected chi connectivity index (χ4v) is 2.57. The number of thiazole rings is 1. The van der Waals surface area contributed by atoms with Crippen molar-refractivity contribution >= 4 is 51.4 Å². The van der Waals surface area contributed by atoms with Crippen LogP contribution in [0.1, 0.15) is 19.8 Å². The maximum atomic E-state index is 12.4. The molecule has 0 saturated carbocycles. The topological polar surface area (TPSA) is 45.2 Å². The number of carbonyl (C=O) groups is 1. The number of hydrogen-bond acceptors (Lipinski definition) is 3. The molecule has 0 atom stereocenters. The number of aromatic nitrogens is 1. The summed E-state index contributed by atoms with van der Waals surface area (Å²) < 4.78 is 0. The number of benzene rings is 1. The summed E-state index contributed by atoms with van der Waals surface area (Å²) in [5.74, 6) is 0. The summed E-state index contributed by atoms with van der Waals surface area (Å²) in [5, 5.41) is 6.06. The maximum Gasteiger partial charge on any atom is 0.328 e. The van der Waals surface area contributed by atoms with Gasteiger partial charge in [-0.3, -0.25) is 10.2 Å². The van der Waals surface area contributed by atoms with Gasteiger partial charge >= 0.3 is 6.03 Å². The summed E-state index contributed by atoms with van der Waals surface area (Å²) in [5.41, 5.74) is 0.715. The van der Waals surface area contributed by atoms with E-state index >= 15 is 0 Å². The SMILES string of the molecule is CCCCN(C(=O)Nc1nccs1)c1ccc(Cl)c(Cl)c1. The molecule has 4 nitrogen and oxygen atoms in total. The van der Waals surface area contributed by atoms with Crippen LogP contribution in [0.15, 0.2) is 29.8 Å². The number of nitrogens with one attached hydrogen (secondary N) is 1. The van der Waals surface area contributed by atoms with Gasteiger partial charge in [-0.1, -0.05) is 36.5 Å². The second-order valence-electron chi connectivity index (χ2n) is 4.37. The molecular formula is C14H15Cl2N3OS. The quantitative estimate of drug-likeness (QED) is 0.801. The monoisotopic (exact) mass is 343 g/mol. The normalized spacial score (nSPS) is 10.4. The number of urea groups is 1. The van der Waals surface area contributed by atoms with Gasteiger partial charge in [-0.15, -0.1) is 11.3 Å². The van der Waals surface area contributed by atoms with Gasteiger partial charge in [0.2, 0.25) is 0 Å². The standard InChI is InChI=1S/C14H15Cl2N3OS/c1-2-3-7-19(10-4-5-11(15)12(16)9-10)14(20)18-13-17-6-8-21-13/h4-6,8-9H,2-3,7H2,1H3,(H,17,18,20). The molecule has 0 unspecified atom stereocenters. The molecular weight excluding hydrogens is 329 g/mol. The van der Waals surface area contributed by atoms with Crippen molar-refractivity contribution in [1.82, 2.24) is 4.98 Å². The summed E-state index contributed by atoms with van der Waals surface area (Å²) in [4.78, 5) is 18.1. The lowest BCUT2D eigenvalue weighted by Crippen LogP contribution is -2.35. The van der Waals surface area contributed by atoms with E-state index in [4.69, 9.17) is 23.2 Å². The molecule has 1 heterocycles. The first kappa shape index (κ1) is 16.1. The van der Waals surface area contributed by atoms with E-state index in [0.717, 1.165) is 12.8 Å². The number of hydrogen-bond donors (Lipinski definition) is 1. The summed E-state index contributed by atoms with van der Waals surface area (Å²) in [6.45, 7) is 2.68. The van der Waals surface area contributed by atoms with Crippen LogP contribution in [-0.4, -0.2) is 17.6 Å². The third kappa shape index (κ3) is 4.33. The van der Waals surface area contributed by atoms with Crippen molar-refractivity contribution in [2.24, 2.45) is 0 Å². The third-order valence-electron chi connectivity index (χ3n) is 2.84. The number of unbranched alkanes of at least 4 members (excludes halogenated alkanes) is 1. The zero-order valence-corrected chi connectivity index (χ0v) is 13.8. The zero-order valence-electron chi connectivity index (χ0n) is 11.5. The Morgan fingerprint density at radius 3 is 2.81 bits per heavy atom. The van der Waals surface area contributed by atoms with Crippen LogP contribution in [0.4, 0.5) is 15.6 Å². The van der Waals surface area contributed by atoms with Crippen LogP contribution < -0.4 is 10.2 Å². The summed E-state index contributed by atoms with van der Waals surface area (Å²) in [7, 11) is 0. The fourth-order valence-electron chi connectivity index (χ4n) is 1.76. The van der Waals surface area contributed by atoms with Gasteiger partial charge in [0.15, 0.2) is 5.13 Å². The number of amides is 2. The van der Waals surface area contributed by atoms with Gasteiger partial charge in [0.25, 0.3) is 0 Å². The predicted molar refractivity (Wildman–Crippen MR) is 89.8 cm³/mol. The highest BCUT2D eigenvalue weighted by Crippen LogP contribution is 2.28. The molecule has 0 fully saturated rings. The minimum Gasteiger partial charge on any atom is -0.294 e. The van der Waals surface area contributed by atoms with Crippen molar-refractivity contribution in [3.63, 3.8) is 0 Å². The van der Waals surface area contributed by atoms with Crippen molar-refractivity contribution < 1.29 is 4.79 Å². The number of nitrogens with zero attached hydrogens (tertiary/aromatic N) is 2. The van der Waals surface area contributed by atoms with Crippen molar-refractivity contribution in [2.75, 3.05) is 16.8 Å². The van der Waals surface area contributed by atoms with Gasteiger partial charge in [-0.25, -0.2) is 9.78 Å². The number of anilines is 2. The Bertz CT molecular complexity index is 604. The van der Waals surface area contributed by atoms with Crippen molar-refractivity contribution in [1.29, 1.82) is 0 Å². The Kier molecular flexibility index (Phi) is 5.85. The molecule has 1 N–H and O–H groups in total. The van der Waals surface area contributed by atoms with Gasteiger partial charge in [-0.05, 0) is 24.6 Å². The Morgan fingerprint density at radius 2 is 2.19 bits per heavy atom. The second kappa shape index (κ2) is 7.64. The zero-order chi connectivity index (χ0) is 15.2. The number of halogens is 2. The highest BCUT2D eigenvalue weighted by Gasteiger charge is 2.17. The van der Waals surface area contributed by atoms with Crippen LogP contribution in [0, 0.1) is 0 Å². The molecule has 2 rings (SSSR count). The van der Waals surface area contributed by atoms with Crippen molar-refractivity contribution in [2.45, 2.75) is 19.8 Å². The Labute approximate surface area is 137 Å². The van der Waals surface area contributed by atoms with Crippen LogP contribution in [0.25, 0.3) is 0 Å². The predicted octanol–water partition coefficient (Wildman–Crippen LogP) is 5.29. The molecule has 0 aliphatic heterocycles. The van der Waals surface area contributed by atoms with E-state index in [0.29, 0.717) is 27.4 Å². The minimum atomic E-state index is -0.225. The lowest BCUT2D eigenvalue weighted by Gasteiger charge is -2.22. The molecule has 2 aromatic rings. The first-order valence-electron chi connectivity index (χ1n) is 6.55. The van der Waals surface area contributed by atoms with E-state index in [9.17, 15) is 4.79 Å². The van der Waals surface area contributed by atoms with Gasteiger partial charge in [0, 0.05) is 23.8 Å². The Balaban J connectivity index is 2.20. The van der Waals surface area contributed by atoms with E-state index < -0.39 is 0 Å². The first-order chi connectivity index (χ1) is 10.1. The van der Waals surface area contributed by atoms with Crippen LogP contribution in [0.2, 0.25) is 10.0 Å². The van der Waals surface area contributed by atoms with E-state index in [1.165, 1.54) is 11.3 Å². The molecule has 2 amide bonds. The molecule has 7 heteroatoms. The summed E-state index contributed by atoms with van der Waals surface area (Å²) >= 11 is 13.3. The molecule has 0 bridgehead atoms. The van der Waals surface area contributed by atoms with Gasteiger partial charge < -0.3 is 0 Å². The van der Waals surface area contributed by atoms with E-state index in [-0.39, 0.29) is 6.03 Å². The molecule has 1 aromatic carbocycles. The highest BCUT2D eigenvalue weighted by atomic mass is 35.5. The molecule has 112 valence electrons. The lowest BCUT2D eigenvalue weighted by atomic mass is 10.2. The van der Waals surface area contributed by atoms with Crippen LogP contribution >= 0.6 is 34.5 Å². The molecule has 1 aromatic heterocycles. The number of carbonyl (C=O) groups excluding carboxylic acids is 1. The molecule has 0 aliphatic carbocycles. The minimum absolute atomic E-state index is 0.225. The molecule has 0 radical (unpaired) electrons. The van der Waals surface area contributed by atoms with Gasteiger partial charge in [-0.2, -0.15) is 0 Å². The van der Waals surface area contributed by atoms with Crippen LogP contribution in [0.3, 0.4) is 0 Å². The largest absolute Gasteiger partial charge is 0.328 e. The van der Waals surface area contributed by atoms with Crippen LogP contribution in [0.5, 0.6) is 0 Å². The highest BCUT2D eigenvalue weighted by molar-refractivity contribution is 7.13. The molecule has 21 heavy (non-hydrogen) atoms. The van der Waals surface area contributed by atoms with Gasteiger partial charge in [0.1, 0.15) is 0 Å².